The smallest absolute Gasteiger partial charge is 0.322 e. The second-order valence-electron chi connectivity index (χ2n) is 4.52. The van der Waals surface area contributed by atoms with Crippen LogP contribution >= 0.6 is 11.9 Å². The fourth-order valence-corrected chi connectivity index (χ4v) is 2.43. The van der Waals surface area contributed by atoms with Crippen LogP contribution in [0.5, 0.6) is 0 Å². The molecule has 0 saturated heterocycles. The number of halogens is 1. The first kappa shape index (κ1) is 15.2. The van der Waals surface area contributed by atoms with E-state index in [4.69, 9.17) is 5.73 Å². The zero-order valence-electron chi connectivity index (χ0n) is 11.5. The zero-order valence-corrected chi connectivity index (χ0v) is 12.4. The largest absolute Gasteiger partial charge is 0.368 e. The van der Waals surface area contributed by atoms with Crippen LogP contribution in [0, 0.1) is 5.82 Å². The summed E-state index contributed by atoms with van der Waals surface area (Å²) in [5.74, 6) is -0.343. The van der Waals surface area contributed by atoms with E-state index in [2.05, 4.69) is 4.72 Å². The van der Waals surface area contributed by atoms with E-state index < -0.39 is 6.03 Å². The van der Waals surface area contributed by atoms with E-state index in [0.717, 1.165) is 17.5 Å². The van der Waals surface area contributed by atoms with E-state index >= 15 is 0 Å². The van der Waals surface area contributed by atoms with Gasteiger partial charge in [0.05, 0.1) is 5.69 Å². The Morgan fingerprint density at radius 2 is 2.00 bits per heavy atom. The molecule has 2 amide bonds. The number of rotatable bonds is 5. The maximum Gasteiger partial charge on any atom is 0.322 e. The highest BCUT2D eigenvalue weighted by Gasteiger charge is 2.09. The first-order valence-corrected chi connectivity index (χ1v) is 7.15. The van der Waals surface area contributed by atoms with Crippen molar-refractivity contribution < 1.29 is 9.18 Å². The van der Waals surface area contributed by atoms with Crippen LogP contribution in [0.25, 0.3) is 0 Å². The molecule has 0 aromatic heterocycles. The molecule has 0 aliphatic carbocycles. The van der Waals surface area contributed by atoms with Gasteiger partial charge in [-0.05, 0) is 35.7 Å². The Balaban J connectivity index is 2.07. The molecule has 2 aromatic rings. The number of primary amides is 1. The van der Waals surface area contributed by atoms with Crippen molar-refractivity contribution in [1.82, 2.24) is 4.72 Å². The number of nitrogens with two attached hydrogens (primary N) is 1. The Morgan fingerprint density at radius 1 is 1.29 bits per heavy atom. The lowest BCUT2D eigenvalue weighted by Crippen LogP contribution is -2.22. The Morgan fingerprint density at radius 3 is 2.62 bits per heavy atom. The normalized spacial score (nSPS) is 10.2. The van der Waals surface area contributed by atoms with Crippen molar-refractivity contribution in [3.8, 4) is 0 Å². The van der Waals surface area contributed by atoms with E-state index in [1.165, 1.54) is 6.07 Å². The predicted octanol–water partition coefficient (Wildman–Crippen LogP) is 3.14. The molecule has 0 radical (unpaired) electrons. The topological polar surface area (TPSA) is 58.4 Å². The van der Waals surface area contributed by atoms with Crippen LogP contribution in [0.4, 0.5) is 14.9 Å². The highest BCUT2D eigenvalue weighted by molar-refractivity contribution is 7.98. The molecule has 0 atom stereocenters. The Labute approximate surface area is 127 Å². The summed E-state index contributed by atoms with van der Waals surface area (Å²) < 4.78 is 16.5. The van der Waals surface area contributed by atoms with Crippen molar-refractivity contribution in [2.24, 2.45) is 5.73 Å². The summed E-state index contributed by atoms with van der Waals surface area (Å²) >= 11 is 0.984. The Hall–Kier alpha value is -2.21. The van der Waals surface area contributed by atoms with Crippen LogP contribution in [0.2, 0.25) is 0 Å². The van der Waals surface area contributed by atoms with Crippen LogP contribution in [-0.2, 0) is 6.54 Å². The molecule has 110 valence electrons. The first-order chi connectivity index (χ1) is 10.1. The van der Waals surface area contributed by atoms with Gasteiger partial charge in [-0.25, -0.2) is 9.18 Å². The van der Waals surface area contributed by atoms with Gasteiger partial charge in [0.1, 0.15) is 5.82 Å². The lowest BCUT2D eigenvalue weighted by atomic mass is 10.2. The minimum atomic E-state index is -0.661. The minimum absolute atomic E-state index is 0.343. The third kappa shape index (κ3) is 4.39. The van der Waals surface area contributed by atoms with Crippen molar-refractivity contribution in [3.05, 3.63) is 59.9 Å². The molecule has 21 heavy (non-hydrogen) atoms. The molecule has 0 fully saturated rings. The minimum Gasteiger partial charge on any atom is -0.368 e. The van der Waals surface area contributed by atoms with E-state index in [1.54, 1.807) is 12.1 Å². The van der Waals surface area contributed by atoms with Gasteiger partial charge in [-0.2, -0.15) is 0 Å². The summed E-state index contributed by atoms with van der Waals surface area (Å²) in [6.45, 7) is 0.615. The summed E-state index contributed by atoms with van der Waals surface area (Å²) in [6, 6.07) is 14.0. The number of urea groups is 1. The van der Waals surface area contributed by atoms with Crippen molar-refractivity contribution in [2.75, 3.05) is 11.9 Å². The monoisotopic (exact) mass is 305 g/mol. The summed E-state index contributed by atoms with van der Waals surface area (Å²) in [4.78, 5) is 13.0. The maximum absolute atomic E-state index is 14.1. The maximum atomic E-state index is 14.1. The van der Waals surface area contributed by atoms with Gasteiger partial charge >= 0.3 is 6.03 Å². The van der Waals surface area contributed by atoms with Gasteiger partial charge in [0.25, 0.3) is 0 Å². The molecule has 2 aromatic carbocycles. The number of nitrogens with zero attached hydrogens (tertiary/aromatic N) is 1. The zero-order chi connectivity index (χ0) is 15.2. The van der Waals surface area contributed by atoms with E-state index in [0.29, 0.717) is 17.1 Å². The number of anilines is 1. The van der Waals surface area contributed by atoms with Crippen LogP contribution in [0.1, 0.15) is 5.56 Å². The van der Waals surface area contributed by atoms with Crippen molar-refractivity contribution >= 4 is 23.7 Å². The SMILES string of the molecule is CN(Cc1ccccc1)c1ccc(SNC(N)=O)cc1F. The molecule has 2 rings (SSSR count). The van der Waals surface area contributed by atoms with Gasteiger partial charge < -0.3 is 10.6 Å². The lowest BCUT2D eigenvalue weighted by Gasteiger charge is -2.20. The van der Waals surface area contributed by atoms with Gasteiger partial charge in [0.2, 0.25) is 0 Å². The number of nitrogens with one attached hydrogen (secondary N) is 1. The second kappa shape index (κ2) is 6.99. The number of hydrogen-bond acceptors (Lipinski definition) is 3. The Bertz CT molecular complexity index is 622. The summed E-state index contributed by atoms with van der Waals surface area (Å²) in [6.07, 6.45) is 0. The molecule has 0 heterocycles. The predicted molar refractivity (Wildman–Crippen MR) is 83.5 cm³/mol. The van der Waals surface area contributed by atoms with Crippen molar-refractivity contribution in [2.45, 2.75) is 11.4 Å². The molecule has 0 aliphatic heterocycles. The quantitative estimate of drug-likeness (QED) is 0.834. The number of amides is 2. The third-order valence-electron chi connectivity index (χ3n) is 2.86. The van der Waals surface area contributed by atoms with Gasteiger partial charge in [0, 0.05) is 18.5 Å². The van der Waals surface area contributed by atoms with E-state index in [9.17, 15) is 9.18 Å². The van der Waals surface area contributed by atoms with Gasteiger partial charge in [0.15, 0.2) is 0 Å². The van der Waals surface area contributed by atoms with Crippen molar-refractivity contribution in [1.29, 1.82) is 0 Å². The van der Waals surface area contributed by atoms with E-state index in [1.807, 2.05) is 42.3 Å². The number of hydrogen-bond donors (Lipinski definition) is 2. The van der Waals surface area contributed by atoms with Gasteiger partial charge in [-0.3, -0.25) is 4.72 Å². The molecule has 0 spiro atoms. The van der Waals surface area contributed by atoms with Crippen LogP contribution < -0.4 is 15.4 Å². The molecule has 3 N–H and O–H groups in total. The molecular weight excluding hydrogens is 289 g/mol. The summed E-state index contributed by atoms with van der Waals surface area (Å²) in [5.41, 5.74) is 6.58. The molecule has 0 aliphatic rings. The molecular formula is C15H16FN3OS. The van der Waals surface area contributed by atoms with E-state index in [-0.39, 0.29) is 5.82 Å². The van der Waals surface area contributed by atoms with Gasteiger partial charge in [-0.1, -0.05) is 30.3 Å². The first-order valence-electron chi connectivity index (χ1n) is 6.33. The number of carbonyl (C=O) groups is 1. The molecule has 6 heteroatoms. The summed E-state index contributed by atoms with van der Waals surface area (Å²) in [7, 11) is 1.83. The Kier molecular flexibility index (Phi) is 5.05. The van der Waals surface area contributed by atoms with Gasteiger partial charge in [-0.15, -0.1) is 0 Å². The number of benzene rings is 2. The molecule has 0 bridgehead atoms. The lowest BCUT2D eigenvalue weighted by molar-refractivity contribution is 0.254. The third-order valence-corrected chi connectivity index (χ3v) is 3.66. The number of carbonyl (C=O) groups excluding carboxylic acids is 1. The fourth-order valence-electron chi connectivity index (χ4n) is 1.91. The van der Waals surface area contributed by atoms with Crippen LogP contribution in [-0.4, -0.2) is 13.1 Å². The molecule has 4 nitrogen and oxygen atoms in total. The molecule has 0 unspecified atom stereocenters. The average Bonchev–Trinajstić information content (AvgIpc) is 2.46. The molecule has 0 saturated carbocycles. The standard InChI is InChI=1S/C15H16FN3OS/c1-19(10-11-5-3-2-4-6-11)14-8-7-12(9-13(14)16)21-18-15(17)20/h2-9H,10H2,1H3,(H3,17,18,20). The average molecular weight is 305 g/mol. The van der Waals surface area contributed by atoms with Crippen molar-refractivity contribution in [3.63, 3.8) is 0 Å². The summed E-state index contributed by atoms with van der Waals surface area (Å²) in [5, 5.41) is 0. The highest BCUT2D eigenvalue weighted by Crippen LogP contribution is 2.25. The van der Waals surface area contributed by atoms with Crippen LogP contribution in [0.15, 0.2) is 53.4 Å². The highest BCUT2D eigenvalue weighted by atomic mass is 32.2. The van der Waals surface area contributed by atoms with Crippen LogP contribution in [0.3, 0.4) is 0 Å². The fraction of sp³-hybridized carbons (Fsp3) is 0.133. The second-order valence-corrected chi connectivity index (χ2v) is 5.40.